The van der Waals surface area contributed by atoms with E-state index in [0.29, 0.717) is 20.7 Å². The molecule has 0 fully saturated rings. The van der Waals surface area contributed by atoms with Gasteiger partial charge < -0.3 is 0 Å². The number of halogens is 2. The first-order valence-corrected chi connectivity index (χ1v) is 8.21. The first kappa shape index (κ1) is 9.41. The van der Waals surface area contributed by atoms with Crippen LogP contribution in [0, 0.1) is 5.92 Å². The Bertz CT molecular complexity index is 259. The molecule has 0 spiro atoms. The molecule has 0 nitrogen and oxygen atoms in total. The molecule has 1 aliphatic heterocycles. The average Bonchev–Trinajstić information content (AvgIpc) is 2.58. The van der Waals surface area contributed by atoms with E-state index >= 15 is 0 Å². The summed E-state index contributed by atoms with van der Waals surface area (Å²) in [6, 6.07) is 0. The Hall–Kier alpha value is 0.850. The molecular formula is C10H12I2. The number of allylic oxidation sites excluding steroid dienone is 3. The van der Waals surface area contributed by atoms with E-state index in [4.69, 9.17) is 0 Å². The molecular weight excluding hydrogens is 374 g/mol. The molecule has 2 unspecified atom stereocenters. The molecule has 0 amide bonds. The van der Waals surface area contributed by atoms with Crippen LogP contribution in [-0.2, 0) is 0 Å². The Labute approximate surface area is 97.4 Å². The van der Waals surface area contributed by atoms with Crippen molar-refractivity contribution in [3.05, 3.63) is 17.7 Å². The summed E-state index contributed by atoms with van der Waals surface area (Å²) in [6.45, 7) is 0. The molecule has 0 aromatic carbocycles. The molecule has 1 aliphatic carbocycles. The lowest BCUT2D eigenvalue weighted by molar-refractivity contribution is 0.681. The lowest BCUT2D eigenvalue weighted by Crippen LogP contribution is -2.09. The largest absolute Gasteiger partial charge is 0.0906 e. The van der Waals surface area contributed by atoms with E-state index in [9.17, 15) is 0 Å². The van der Waals surface area contributed by atoms with Crippen molar-refractivity contribution in [2.75, 3.05) is 4.43 Å². The first-order valence-electron chi connectivity index (χ1n) is 4.36. The molecule has 2 rings (SSSR count). The van der Waals surface area contributed by atoms with Crippen LogP contribution in [0.5, 0.6) is 0 Å². The van der Waals surface area contributed by atoms with Gasteiger partial charge in [0, 0.05) is 14.3 Å². The van der Waals surface area contributed by atoms with Crippen LogP contribution in [0.3, 0.4) is 0 Å². The van der Waals surface area contributed by atoms with Crippen LogP contribution in [0.15, 0.2) is 17.7 Å². The fourth-order valence-electron chi connectivity index (χ4n) is 1.66. The van der Waals surface area contributed by atoms with Crippen molar-refractivity contribution in [3.63, 3.8) is 0 Å². The molecule has 12 heavy (non-hydrogen) atoms. The zero-order valence-corrected chi connectivity index (χ0v) is 11.2. The third kappa shape index (κ3) is 2.20. The van der Waals surface area contributed by atoms with E-state index in [1.165, 1.54) is 23.7 Å². The Morgan fingerprint density at radius 2 is 2.50 bits per heavy atom. The lowest BCUT2D eigenvalue weighted by atomic mass is 9.90. The van der Waals surface area contributed by atoms with E-state index in [1.54, 1.807) is 5.57 Å². The van der Waals surface area contributed by atoms with Crippen molar-refractivity contribution >= 4 is 47.0 Å². The highest BCUT2D eigenvalue weighted by atomic mass is 127. The molecule has 0 aromatic rings. The summed E-state index contributed by atoms with van der Waals surface area (Å²) in [5, 5.41) is 0. The maximum atomic E-state index is 3.42. The quantitative estimate of drug-likeness (QED) is 0.368. The molecule has 0 bridgehead atoms. The molecule has 0 saturated carbocycles. The van der Waals surface area contributed by atoms with Gasteiger partial charge in [-0.05, 0) is 25.3 Å². The van der Waals surface area contributed by atoms with Gasteiger partial charge in [-0.3, -0.25) is 0 Å². The predicted molar refractivity (Wildman–Crippen MR) is 71.7 cm³/mol. The molecule has 0 aromatic heterocycles. The van der Waals surface area contributed by atoms with Crippen LogP contribution in [0.25, 0.3) is 0 Å². The summed E-state index contributed by atoms with van der Waals surface area (Å²) in [4.78, 5) is 0. The van der Waals surface area contributed by atoms with Crippen molar-refractivity contribution in [2.24, 2.45) is 5.92 Å². The lowest BCUT2D eigenvalue weighted by Gasteiger charge is -2.20. The number of rotatable bonds is 1. The van der Waals surface area contributed by atoms with Gasteiger partial charge in [-0.15, -0.1) is 0 Å². The van der Waals surface area contributed by atoms with Crippen LogP contribution in [0.1, 0.15) is 19.3 Å². The van der Waals surface area contributed by atoms with Crippen LogP contribution < -0.4 is 0 Å². The summed E-state index contributed by atoms with van der Waals surface area (Å²) in [5.41, 5.74) is 1.72. The summed E-state index contributed by atoms with van der Waals surface area (Å²) >= 11 is 2.88. The summed E-state index contributed by atoms with van der Waals surface area (Å²) in [5.74, 6) is 0.807. The minimum absolute atomic E-state index is 0.315. The third-order valence-corrected chi connectivity index (χ3v) is 5.76. The van der Waals surface area contributed by atoms with E-state index in [1.807, 2.05) is 0 Å². The van der Waals surface area contributed by atoms with Gasteiger partial charge in [0.15, 0.2) is 0 Å². The minimum atomic E-state index is 0.315. The normalized spacial score (nSPS) is 34.6. The fourth-order valence-corrected chi connectivity index (χ4v) is 4.46. The molecule has 2 atom stereocenters. The third-order valence-electron chi connectivity index (χ3n) is 2.44. The molecule has 0 saturated heterocycles. The molecule has 66 valence electrons. The van der Waals surface area contributed by atoms with Gasteiger partial charge in [0.2, 0.25) is 0 Å². The van der Waals surface area contributed by atoms with Crippen LogP contribution >= 0.6 is 43.3 Å². The SMILES string of the molecule is IC1CC=C(C2C=C=IC2)CC1. The Morgan fingerprint density at radius 3 is 3.08 bits per heavy atom. The van der Waals surface area contributed by atoms with E-state index in [2.05, 4.69) is 38.4 Å². The molecule has 1 heterocycles. The summed E-state index contributed by atoms with van der Waals surface area (Å²) < 4.78 is 5.75. The highest BCUT2D eigenvalue weighted by Crippen LogP contribution is 2.31. The maximum Gasteiger partial charge on any atom is 0.0148 e. The monoisotopic (exact) mass is 386 g/mol. The van der Waals surface area contributed by atoms with Crippen molar-refractivity contribution in [1.29, 1.82) is 0 Å². The maximum absolute atomic E-state index is 3.42. The second-order valence-corrected chi connectivity index (χ2v) is 7.35. The highest BCUT2D eigenvalue weighted by molar-refractivity contribution is 14.2. The van der Waals surface area contributed by atoms with Crippen molar-refractivity contribution in [3.8, 4) is 0 Å². The summed E-state index contributed by atoms with van der Waals surface area (Å²) in [6.07, 6.45) is 8.86. The average molecular weight is 386 g/mol. The van der Waals surface area contributed by atoms with Crippen LogP contribution in [0.4, 0.5) is 0 Å². The number of alkyl halides is 2. The van der Waals surface area contributed by atoms with Crippen molar-refractivity contribution in [2.45, 2.75) is 23.2 Å². The number of hydrogen-bond donors (Lipinski definition) is 0. The minimum Gasteiger partial charge on any atom is -0.0906 e. The molecule has 0 N–H and O–H groups in total. The molecule has 2 aliphatic rings. The highest BCUT2D eigenvalue weighted by Gasteiger charge is 2.17. The first-order chi connectivity index (χ1) is 5.86. The van der Waals surface area contributed by atoms with Crippen molar-refractivity contribution in [1.82, 2.24) is 0 Å². The van der Waals surface area contributed by atoms with Gasteiger partial charge in [-0.2, -0.15) is 0 Å². The van der Waals surface area contributed by atoms with Gasteiger partial charge in [-0.1, -0.05) is 58.6 Å². The Kier molecular flexibility index (Phi) is 3.43. The Morgan fingerprint density at radius 1 is 1.58 bits per heavy atom. The van der Waals surface area contributed by atoms with Gasteiger partial charge >= 0.3 is 0 Å². The number of hydrogen-bond acceptors (Lipinski definition) is 0. The zero-order chi connectivity index (χ0) is 8.39. The topological polar surface area (TPSA) is 0 Å². The molecule has 2 heteroatoms. The van der Waals surface area contributed by atoms with Crippen LogP contribution in [0.2, 0.25) is 0 Å². The van der Waals surface area contributed by atoms with E-state index < -0.39 is 0 Å². The smallest absolute Gasteiger partial charge is 0.0148 e. The predicted octanol–water partition coefficient (Wildman–Crippen LogP) is 3.46. The van der Waals surface area contributed by atoms with Gasteiger partial charge in [0.1, 0.15) is 0 Å². The zero-order valence-electron chi connectivity index (χ0n) is 6.89. The Balaban J connectivity index is 2.01. The standard InChI is InChI=1S/C10H12I2/c11-10-3-1-8(2-4-10)9-5-6-12-7-9/h1,5,9-10H,2-4,7H2. The van der Waals surface area contributed by atoms with Crippen LogP contribution in [-0.4, -0.2) is 12.0 Å². The van der Waals surface area contributed by atoms with E-state index in [-0.39, 0.29) is 0 Å². The van der Waals surface area contributed by atoms with Gasteiger partial charge in [0.05, 0.1) is 0 Å². The second-order valence-electron chi connectivity index (χ2n) is 3.32. The second kappa shape index (κ2) is 4.38. The van der Waals surface area contributed by atoms with Crippen molar-refractivity contribution < 1.29 is 0 Å². The fraction of sp³-hybridized carbons (Fsp3) is 0.600. The summed E-state index contributed by atoms with van der Waals surface area (Å²) in [7, 11) is 0. The van der Waals surface area contributed by atoms with Gasteiger partial charge in [0.25, 0.3) is 0 Å². The van der Waals surface area contributed by atoms with Gasteiger partial charge in [-0.25, -0.2) is 0 Å². The molecule has 0 radical (unpaired) electrons. The van der Waals surface area contributed by atoms with E-state index in [0.717, 1.165) is 9.84 Å².